The minimum absolute atomic E-state index is 0.0667. The number of sulfonamides is 1. The van der Waals surface area contributed by atoms with Crippen LogP contribution in [0.5, 0.6) is 0 Å². The highest BCUT2D eigenvalue weighted by Crippen LogP contribution is 2.20. The van der Waals surface area contributed by atoms with Crippen LogP contribution in [0.15, 0.2) is 58.1 Å². The number of aryl methyl sites for hydroxylation is 1. The number of carbonyl (C=O) groups is 1. The molecular formula is C18H18N2O3S3. The summed E-state index contributed by atoms with van der Waals surface area (Å²) >= 11 is 2.83. The fraction of sp³-hybridized carbons (Fsp3) is 0.167. The second kappa shape index (κ2) is 8.03. The van der Waals surface area contributed by atoms with Gasteiger partial charge in [0.2, 0.25) is 5.91 Å². The number of rotatable bonds is 7. The predicted octanol–water partition coefficient (Wildman–Crippen LogP) is 3.78. The zero-order chi connectivity index (χ0) is 18.6. The molecule has 0 aliphatic carbocycles. The van der Waals surface area contributed by atoms with Crippen molar-refractivity contribution in [3.63, 3.8) is 0 Å². The van der Waals surface area contributed by atoms with E-state index < -0.39 is 10.0 Å². The standard InChI is InChI=1S/C18H18N2O3S3/c1-13-4-9-16(25-13)12-19-17(21)11-14-5-7-15(8-6-14)20-26(22,23)18-3-2-10-24-18/h2-10,20H,11-12H2,1H3,(H,19,21). The largest absolute Gasteiger partial charge is 0.351 e. The minimum Gasteiger partial charge on any atom is -0.351 e. The summed E-state index contributed by atoms with van der Waals surface area (Å²) in [6, 6.07) is 14.1. The highest BCUT2D eigenvalue weighted by atomic mass is 32.2. The SMILES string of the molecule is Cc1ccc(CNC(=O)Cc2ccc(NS(=O)(=O)c3cccs3)cc2)s1. The molecule has 0 aliphatic rings. The van der Waals surface area contributed by atoms with E-state index in [1.165, 1.54) is 4.88 Å². The summed E-state index contributed by atoms with van der Waals surface area (Å²) in [4.78, 5) is 14.4. The predicted molar refractivity (Wildman–Crippen MR) is 106 cm³/mol. The number of carbonyl (C=O) groups excluding carboxylic acids is 1. The quantitative estimate of drug-likeness (QED) is 0.627. The summed E-state index contributed by atoms with van der Waals surface area (Å²) in [5.74, 6) is -0.0667. The van der Waals surface area contributed by atoms with E-state index in [-0.39, 0.29) is 16.5 Å². The van der Waals surface area contributed by atoms with Crippen molar-refractivity contribution >= 4 is 44.3 Å². The molecule has 1 amide bonds. The van der Waals surface area contributed by atoms with Gasteiger partial charge in [-0.25, -0.2) is 8.42 Å². The lowest BCUT2D eigenvalue weighted by Crippen LogP contribution is -2.24. The molecule has 0 spiro atoms. The molecule has 0 radical (unpaired) electrons. The molecule has 0 bridgehead atoms. The summed E-state index contributed by atoms with van der Waals surface area (Å²) in [5.41, 5.74) is 1.29. The van der Waals surface area contributed by atoms with Crippen molar-refractivity contribution in [2.45, 2.75) is 24.1 Å². The third kappa shape index (κ3) is 4.94. The normalized spacial score (nSPS) is 11.3. The van der Waals surface area contributed by atoms with Crippen LogP contribution in [0.4, 0.5) is 5.69 Å². The van der Waals surface area contributed by atoms with Crippen molar-refractivity contribution in [1.29, 1.82) is 0 Å². The fourth-order valence-electron chi connectivity index (χ4n) is 2.33. The van der Waals surface area contributed by atoms with Crippen molar-refractivity contribution in [1.82, 2.24) is 5.32 Å². The van der Waals surface area contributed by atoms with Gasteiger partial charge in [0.1, 0.15) is 4.21 Å². The third-order valence-electron chi connectivity index (χ3n) is 3.59. The van der Waals surface area contributed by atoms with E-state index in [9.17, 15) is 13.2 Å². The van der Waals surface area contributed by atoms with E-state index in [1.54, 1.807) is 53.1 Å². The van der Waals surface area contributed by atoms with Gasteiger partial charge in [-0.05, 0) is 48.2 Å². The Labute approximate surface area is 160 Å². The number of anilines is 1. The van der Waals surface area contributed by atoms with Gasteiger partial charge in [0.15, 0.2) is 0 Å². The lowest BCUT2D eigenvalue weighted by atomic mass is 10.1. The number of hydrogen-bond donors (Lipinski definition) is 2. The Morgan fingerprint density at radius 1 is 1.08 bits per heavy atom. The fourth-order valence-corrected chi connectivity index (χ4v) is 5.21. The summed E-state index contributed by atoms with van der Waals surface area (Å²) < 4.78 is 27.2. The number of hydrogen-bond acceptors (Lipinski definition) is 5. The molecule has 5 nitrogen and oxygen atoms in total. The molecule has 0 saturated carbocycles. The molecule has 0 fully saturated rings. The number of nitrogens with one attached hydrogen (secondary N) is 2. The van der Waals surface area contributed by atoms with Crippen LogP contribution in [0.25, 0.3) is 0 Å². The molecule has 136 valence electrons. The van der Waals surface area contributed by atoms with E-state index in [4.69, 9.17) is 0 Å². The van der Waals surface area contributed by atoms with E-state index in [2.05, 4.69) is 10.0 Å². The first-order valence-electron chi connectivity index (χ1n) is 7.90. The first kappa shape index (κ1) is 18.6. The van der Waals surface area contributed by atoms with Crippen molar-refractivity contribution in [2.24, 2.45) is 0 Å². The van der Waals surface area contributed by atoms with Crippen molar-refractivity contribution < 1.29 is 13.2 Å². The van der Waals surface area contributed by atoms with Gasteiger partial charge < -0.3 is 5.32 Å². The molecule has 0 atom stereocenters. The molecule has 26 heavy (non-hydrogen) atoms. The average Bonchev–Trinajstić information content (AvgIpc) is 3.26. The summed E-state index contributed by atoms with van der Waals surface area (Å²) in [7, 11) is -3.55. The van der Waals surface area contributed by atoms with E-state index in [0.29, 0.717) is 12.2 Å². The number of amides is 1. The van der Waals surface area contributed by atoms with Gasteiger partial charge in [0.25, 0.3) is 10.0 Å². The van der Waals surface area contributed by atoms with Crippen LogP contribution in [-0.4, -0.2) is 14.3 Å². The Morgan fingerprint density at radius 3 is 2.46 bits per heavy atom. The monoisotopic (exact) mass is 406 g/mol. The number of benzene rings is 1. The van der Waals surface area contributed by atoms with Gasteiger partial charge in [-0.15, -0.1) is 22.7 Å². The molecule has 2 heterocycles. The van der Waals surface area contributed by atoms with Gasteiger partial charge in [0.05, 0.1) is 13.0 Å². The number of thiophene rings is 2. The van der Waals surface area contributed by atoms with Crippen LogP contribution < -0.4 is 10.0 Å². The first-order valence-corrected chi connectivity index (χ1v) is 11.1. The molecule has 8 heteroatoms. The summed E-state index contributed by atoms with van der Waals surface area (Å²) in [6.45, 7) is 2.56. The maximum atomic E-state index is 12.2. The average molecular weight is 407 g/mol. The van der Waals surface area contributed by atoms with Gasteiger partial charge in [-0.1, -0.05) is 18.2 Å². The Bertz CT molecular complexity index is 975. The molecule has 2 N–H and O–H groups in total. The Morgan fingerprint density at radius 2 is 1.85 bits per heavy atom. The third-order valence-corrected chi connectivity index (χ3v) is 7.37. The highest BCUT2D eigenvalue weighted by Gasteiger charge is 2.15. The van der Waals surface area contributed by atoms with Crippen LogP contribution >= 0.6 is 22.7 Å². The van der Waals surface area contributed by atoms with Gasteiger partial charge in [-0.2, -0.15) is 0 Å². The van der Waals surface area contributed by atoms with E-state index >= 15 is 0 Å². The van der Waals surface area contributed by atoms with E-state index in [1.807, 2.05) is 19.1 Å². The molecule has 2 aromatic heterocycles. The minimum atomic E-state index is -3.55. The van der Waals surface area contributed by atoms with Crippen molar-refractivity contribution in [3.8, 4) is 0 Å². The molecule has 1 aromatic carbocycles. The van der Waals surface area contributed by atoms with Crippen LogP contribution in [-0.2, 0) is 27.8 Å². The Hall–Kier alpha value is -2.16. The maximum absolute atomic E-state index is 12.2. The van der Waals surface area contributed by atoms with Crippen LogP contribution in [0, 0.1) is 6.92 Å². The second-order valence-electron chi connectivity index (χ2n) is 5.70. The zero-order valence-electron chi connectivity index (χ0n) is 14.1. The highest BCUT2D eigenvalue weighted by molar-refractivity contribution is 7.94. The van der Waals surface area contributed by atoms with Crippen LogP contribution in [0.2, 0.25) is 0 Å². The zero-order valence-corrected chi connectivity index (χ0v) is 16.5. The Balaban J connectivity index is 1.55. The second-order valence-corrected chi connectivity index (χ2v) is 9.93. The molecule has 0 unspecified atom stereocenters. The lowest BCUT2D eigenvalue weighted by Gasteiger charge is -2.08. The molecule has 3 rings (SSSR count). The van der Waals surface area contributed by atoms with E-state index in [0.717, 1.165) is 21.8 Å². The lowest BCUT2D eigenvalue weighted by molar-refractivity contribution is -0.120. The Kier molecular flexibility index (Phi) is 5.75. The maximum Gasteiger partial charge on any atom is 0.271 e. The van der Waals surface area contributed by atoms with Crippen LogP contribution in [0.3, 0.4) is 0 Å². The van der Waals surface area contributed by atoms with Crippen molar-refractivity contribution in [2.75, 3.05) is 4.72 Å². The summed E-state index contributed by atoms with van der Waals surface area (Å²) in [6.07, 6.45) is 0.252. The smallest absolute Gasteiger partial charge is 0.271 e. The van der Waals surface area contributed by atoms with Crippen molar-refractivity contribution in [3.05, 3.63) is 69.2 Å². The molecule has 0 aliphatic heterocycles. The molecular weight excluding hydrogens is 388 g/mol. The molecule has 3 aromatic rings. The van der Waals surface area contributed by atoms with Gasteiger partial charge >= 0.3 is 0 Å². The van der Waals surface area contributed by atoms with Gasteiger partial charge in [0, 0.05) is 15.4 Å². The van der Waals surface area contributed by atoms with Crippen LogP contribution in [0.1, 0.15) is 15.3 Å². The van der Waals surface area contributed by atoms with Gasteiger partial charge in [-0.3, -0.25) is 9.52 Å². The summed E-state index contributed by atoms with van der Waals surface area (Å²) in [5, 5.41) is 4.61. The molecule has 0 saturated heterocycles. The topological polar surface area (TPSA) is 75.3 Å². The first-order chi connectivity index (χ1) is 12.4.